The summed E-state index contributed by atoms with van der Waals surface area (Å²) in [5.41, 5.74) is 0. The van der Waals surface area contributed by atoms with Crippen LogP contribution in [-0.4, -0.2) is 32.5 Å². The summed E-state index contributed by atoms with van der Waals surface area (Å²) in [5, 5.41) is 3.14. The first kappa shape index (κ1) is 18.9. The van der Waals surface area contributed by atoms with Gasteiger partial charge in [-0.05, 0) is 32.2 Å². The van der Waals surface area contributed by atoms with Crippen molar-refractivity contribution in [1.82, 2.24) is 5.32 Å². The summed E-state index contributed by atoms with van der Waals surface area (Å²) < 4.78 is 23.6. The van der Waals surface area contributed by atoms with Gasteiger partial charge in [-0.25, -0.2) is 8.42 Å². The lowest BCUT2D eigenvalue weighted by molar-refractivity contribution is 0.343. The zero-order valence-electron chi connectivity index (χ0n) is 13.4. The molecule has 0 saturated carbocycles. The minimum absolute atomic E-state index is 0.0942. The molecule has 0 aliphatic rings. The molecule has 0 aliphatic heterocycles. The van der Waals surface area contributed by atoms with Gasteiger partial charge in [0.15, 0.2) is 9.84 Å². The monoisotopic (exact) mass is 291 g/mol. The van der Waals surface area contributed by atoms with Gasteiger partial charge in [-0.3, -0.25) is 0 Å². The van der Waals surface area contributed by atoms with E-state index in [1.54, 1.807) is 0 Å². The van der Waals surface area contributed by atoms with E-state index in [-0.39, 0.29) is 11.3 Å². The first-order valence-corrected chi connectivity index (χ1v) is 9.74. The second kappa shape index (κ2) is 9.76. The summed E-state index contributed by atoms with van der Waals surface area (Å²) in [6.45, 7) is 9.27. The van der Waals surface area contributed by atoms with Crippen LogP contribution in [0.5, 0.6) is 0 Å². The molecule has 0 amide bonds. The molecule has 0 radical (unpaired) electrons. The highest BCUT2D eigenvalue weighted by atomic mass is 32.2. The van der Waals surface area contributed by atoms with Gasteiger partial charge in [0, 0.05) is 12.3 Å². The maximum absolute atomic E-state index is 11.8. The van der Waals surface area contributed by atoms with Crippen molar-refractivity contribution < 1.29 is 8.42 Å². The molecule has 0 aromatic heterocycles. The van der Waals surface area contributed by atoms with Gasteiger partial charge in [-0.15, -0.1) is 0 Å². The zero-order chi connectivity index (χ0) is 14.9. The van der Waals surface area contributed by atoms with Crippen molar-refractivity contribution in [3.63, 3.8) is 0 Å². The molecule has 0 aromatic rings. The maximum atomic E-state index is 11.8. The Morgan fingerprint density at radius 2 is 1.74 bits per heavy atom. The van der Waals surface area contributed by atoms with E-state index < -0.39 is 9.84 Å². The van der Waals surface area contributed by atoms with E-state index in [1.165, 1.54) is 25.5 Å². The quantitative estimate of drug-likeness (QED) is 0.634. The molecule has 4 heteroatoms. The molecule has 0 saturated heterocycles. The van der Waals surface area contributed by atoms with E-state index in [9.17, 15) is 8.42 Å². The number of rotatable bonds is 11. The highest BCUT2D eigenvalue weighted by Crippen LogP contribution is 2.21. The lowest BCUT2D eigenvalue weighted by Crippen LogP contribution is -2.43. The SMILES string of the molecule is CCCCC(CC)CC(NCCC)C(C)S(C)(=O)=O. The molecule has 0 heterocycles. The first-order valence-electron chi connectivity index (χ1n) is 7.78. The number of unbranched alkanes of at least 4 members (excludes halogenated alkanes) is 1. The van der Waals surface area contributed by atoms with Crippen molar-refractivity contribution in [2.45, 2.75) is 77.5 Å². The average molecular weight is 292 g/mol. The highest BCUT2D eigenvalue weighted by molar-refractivity contribution is 7.91. The molecular formula is C15H33NO2S. The summed E-state index contributed by atoms with van der Waals surface area (Å²) in [6.07, 6.45) is 8.18. The van der Waals surface area contributed by atoms with E-state index in [4.69, 9.17) is 0 Å². The van der Waals surface area contributed by atoms with Crippen LogP contribution in [0, 0.1) is 5.92 Å². The third-order valence-corrected chi connectivity index (χ3v) is 5.71. The fourth-order valence-corrected chi connectivity index (χ4v) is 3.21. The Labute approximate surface area is 120 Å². The highest BCUT2D eigenvalue weighted by Gasteiger charge is 2.27. The van der Waals surface area contributed by atoms with Gasteiger partial charge < -0.3 is 5.32 Å². The predicted molar refractivity (Wildman–Crippen MR) is 84.3 cm³/mol. The molecule has 3 nitrogen and oxygen atoms in total. The standard InChI is InChI=1S/C15H33NO2S/c1-6-9-10-14(8-3)12-15(16-11-7-2)13(4)19(5,17)18/h13-16H,6-12H2,1-5H3. The predicted octanol–water partition coefficient (Wildman–Crippen LogP) is 3.39. The van der Waals surface area contributed by atoms with Gasteiger partial charge in [-0.1, -0.05) is 46.5 Å². The Bertz CT molecular complexity index is 314. The normalized spacial score (nSPS) is 17.1. The molecule has 3 unspecified atom stereocenters. The molecule has 0 aromatic carbocycles. The van der Waals surface area contributed by atoms with Gasteiger partial charge in [0.05, 0.1) is 5.25 Å². The number of nitrogens with one attached hydrogen (secondary N) is 1. The van der Waals surface area contributed by atoms with Crippen molar-refractivity contribution in [2.75, 3.05) is 12.8 Å². The molecule has 19 heavy (non-hydrogen) atoms. The zero-order valence-corrected chi connectivity index (χ0v) is 14.2. The third kappa shape index (κ3) is 7.93. The van der Waals surface area contributed by atoms with Crippen LogP contribution >= 0.6 is 0 Å². The van der Waals surface area contributed by atoms with Gasteiger partial charge in [0.2, 0.25) is 0 Å². The van der Waals surface area contributed by atoms with E-state index in [1.807, 2.05) is 6.92 Å². The van der Waals surface area contributed by atoms with Crippen LogP contribution in [-0.2, 0) is 9.84 Å². The minimum Gasteiger partial charge on any atom is -0.313 e. The Balaban J connectivity index is 4.64. The van der Waals surface area contributed by atoms with Crippen molar-refractivity contribution >= 4 is 9.84 Å². The summed E-state index contributed by atoms with van der Waals surface area (Å²) in [5.74, 6) is 0.638. The summed E-state index contributed by atoms with van der Waals surface area (Å²) in [7, 11) is -2.97. The Morgan fingerprint density at radius 1 is 1.11 bits per heavy atom. The Morgan fingerprint density at radius 3 is 2.16 bits per heavy atom. The summed E-state index contributed by atoms with van der Waals surface area (Å²) >= 11 is 0. The number of hydrogen-bond acceptors (Lipinski definition) is 3. The van der Waals surface area contributed by atoms with Gasteiger partial charge in [0.1, 0.15) is 0 Å². The van der Waals surface area contributed by atoms with Crippen LogP contribution in [0.15, 0.2) is 0 Å². The smallest absolute Gasteiger partial charge is 0.151 e. The second-order valence-corrected chi connectivity index (χ2v) is 8.15. The Hall–Kier alpha value is -0.0900. The van der Waals surface area contributed by atoms with Crippen molar-refractivity contribution in [3.8, 4) is 0 Å². The molecule has 3 atom stereocenters. The molecule has 0 fully saturated rings. The largest absolute Gasteiger partial charge is 0.313 e. The number of sulfone groups is 1. The van der Waals surface area contributed by atoms with Gasteiger partial charge in [-0.2, -0.15) is 0 Å². The third-order valence-electron chi connectivity index (χ3n) is 4.03. The van der Waals surface area contributed by atoms with Crippen LogP contribution in [0.4, 0.5) is 0 Å². The fourth-order valence-electron chi connectivity index (χ4n) is 2.41. The molecular weight excluding hydrogens is 258 g/mol. The molecule has 0 spiro atoms. The second-order valence-electron chi connectivity index (χ2n) is 5.75. The van der Waals surface area contributed by atoms with E-state index in [0.717, 1.165) is 25.8 Å². The lowest BCUT2D eigenvalue weighted by atomic mass is 9.91. The van der Waals surface area contributed by atoms with E-state index >= 15 is 0 Å². The van der Waals surface area contributed by atoms with E-state index in [2.05, 4.69) is 26.1 Å². The van der Waals surface area contributed by atoms with Crippen LogP contribution < -0.4 is 5.32 Å². The van der Waals surface area contributed by atoms with Crippen LogP contribution in [0.2, 0.25) is 0 Å². The molecule has 0 aliphatic carbocycles. The molecule has 116 valence electrons. The van der Waals surface area contributed by atoms with Crippen molar-refractivity contribution in [3.05, 3.63) is 0 Å². The van der Waals surface area contributed by atoms with Crippen molar-refractivity contribution in [2.24, 2.45) is 5.92 Å². The summed E-state index contributed by atoms with van der Waals surface area (Å²) in [6, 6.07) is 0.0942. The molecule has 0 bridgehead atoms. The topological polar surface area (TPSA) is 46.2 Å². The van der Waals surface area contributed by atoms with Gasteiger partial charge in [0.25, 0.3) is 0 Å². The van der Waals surface area contributed by atoms with Crippen LogP contribution in [0.3, 0.4) is 0 Å². The van der Waals surface area contributed by atoms with Crippen LogP contribution in [0.25, 0.3) is 0 Å². The van der Waals surface area contributed by atoms with Crippen molar-refractivity contribution in [1.29, 1.82) is 0 Å². The lowest BCUT2D eigenvalue weighted by Gasteiger charge is -2.28. The first-order chi connectivity index (χ1) is 8.86. The molecule has 1 N–H and O–H groups in total. The number of hydrogen-bond donors (Lipinski definition) is 1. The Kier molecular flexibility index (Phi) is 9.71. The van der Waals surface area contributed by atoms with Gasteiger partial charge >= 0.3 is 0 Å². The maximum Gasteiger partial charge on any atom is 0.151 e. The molecule has 0 rings (SSSR count). The summed E-state index contributed by atoms with van der Waals surface area (Å²) in [4.78, 5) is 0. The van der Waals surface area contributed by atoms with Crippen LogP contribution in [0.1, 0.15) is 66.2 Å². The average Bonchev–Trinajstić information content (AvgIpc) is 2.36. The fraction of sp³-hybridized carbons (Fsp3) is 1.00. The minimum atomic E-state index is -2.97. The van der Waals surface area contributed by atoms with E-state index in [0.29, 0.717) is 5.92 Å².